The molecule has 120 valence electrons. The van der Waals surface area contributed by atoms with Gasteiger partial charge < -0.3 is 9.47 Å². The van der Waals surface area contributed by atoms with Crippen LogP contribution < -0.4 is 20.6 Å². The third-order valence-electron chi connectivity index (χ3n) is 3.13. The van der Waals surface area contributed by atoms with E-state index in [2.05, 4.69) is 15.2 Å². The predicted octanol–water partition coefficient (Wildman–Crippen LogP) is 2.14. The van der Waals surface area contributed by atoms with Gasteiger partial charge in [0.15, 0.2) is 17.0 Å². The molecule has 0 unspecified atom stereocenters. The quantitative estimate of drug-likeness (QED) is 0.745. The van der Waals surface area contributed by atoms with E-state index in [0.29, 0.717) is 34.4 Å². The molecule has 0 atom stereocenters. The van der Waals surface area contributed by atoms with Gasteiger partial charge in [0, 0.05) is 5.56 Å². The van der Waals surface area contributed by atoms with Gasteiger partial charge in [-0.25, -0.2) is 4.98 Å². The molecule has 0 fully saturated rings. The Bertz CT molecular complexity index is 910. The van der Waals surface area contributed by atoms with Crippen LogP contribution in [0.1, 0.15) is 13.8 Å². The summed E-state index contributed by atoms with van der Waals surface area (Å²) in [6.07, 6.45) is 0. The molecule has 0 saturated heterocycles. The fraction of sp³-hybridized carbons (Fsp3) is 0.267. The summed E-state index contributed by atoms with van der Waals surface area (Å²) in [5, 5.41) is 5.14. The first kappa shape index (κ1) is 15.3. The summed E-state index contributed by atoms with van der Waals surface area (Å²) in [6, 6.07) is 5.42. The van der Waals surface area contributed by atoms with E-state index in [9.17, 15) is 9.59 Å². The first-order valence-corrected chi connectivity index (χ1v) is 7.97. The van der Waals surface area contributed by atoms with Crippen molar-refractivity contribution in [3.8, 4) is 22.1 Å². The lowest BCUT2D eigenvalue weighted by Gasteiger charge is -2.11. The summed E-state index contributed by atoms with van der Waals surface area (Å²) in [4.78, 5) is 27.8. The molecule has 0 aliphatic rings. The van der Waals surface area contributed by atoms with E-state index in [1.807, 2.05) is 19.9 Å². The highest BCUT2D eigenvalue weighted by Gasteiger charge is 2.14. The lowest BCUT2D eigenvalue weighted by Crippen LogP contribution is -2.17. The minimum Gasteiger partial charge on any atom is -0.490 e. The van der Waals surface area contributed by atoms with Gasteiger partial charge in [-0.15, -0.1) is 11.3 Å². The Kier molecular flexibility index (Phi) is 4.16. The van der Waals surface area contributed by atoms with E-state index in [-0.39, 0.29) is 11.1 Å². The van der Waals surface area contributed by atoms with Crippen LogP contribution in [0.2, 0.25) is 0 Å². The Labute approximate surface area is 134 Å². The summed E-state index contributed by atoms with van der Waals surface area (Å²) in [5.41, 5.74) is 0.120. The lowest BCUT2D eigenvalue weighted by atomic mass is 10.2. The maximum Gasteiger partial charge on any atom is 0.290 e. The molecule has 8 heteroatoms. The average molecular weight is 333 g/mol. The van der Waals surface area contributed by atoms with E-state index in [1.54, 1.807) is 12.1 Å². The van der Waals surface area contributed by atoms with Crippen LogP contribution in [0.3, 0.4) is 0 Å². The first-order valence-electron chi connectivity index (χ1n) is 7.15. The molecule has 0 saturated carbocycles. The van der Waals surface area contributed by atoms with Crippen LogP contribution in [0.4, 0.5) is 0 Å². The molecule has 2 aromatic heterocycles. The zero-order valence-electron chi connectivity index (χ0n) is 12.6. The Morgan fingerprint density at radius 2 is 1.74 bits per heavy atom. The van der Waals surface area contributed by atoms with E-state index >= 15 is 0 Å². The van der Waals surface area contributed by atoms with Crippen molar-refractivity contribution in [2.45, 2.75) is 13.8 Å². The number of H-pyrrole nitrogens is 2. The number of aromatic amines is 2. The summed E-state index contributed by atoms with van der Waals surface area (Å²) in [6.45, 7) is 4.82. The van der Waals surface area contributed by atoms with Crippen LogP contribution in [0.15, 0.2) is 27.8 Å². The Morgan fingerprint density at radius 3 is 2.43 bits per heavy atom. The van der Waals surface area contributed by atoms with Crippen molar-refractivity contribution in [1.82, 2.24) is 15.2 Å². The zero-order chi connectivity index (χ0) is 16.4. The Hall–Kier alpha value is -2.61. The van der Waals surface area contributed by atoms with Crippen molar-refractivity contribution >= 4 is 21.6 Å². The highest BCUT2D eigenvalue weighted by molar-refractivity contribution is 7.21. The van der Waals surface area contributed by atoms with Crippen molar-refractivity contribution in [2.24, 2.45) is 0 Å². The Morgan fingerprint density at radius 1 is 1.04 bits per heavy atom. The van der Waals surface area contributed by atoms with E-state index in [0.717, 1.165) is 5.56 Å². The zero-order valence-corrected chi connectivity index (χ0v) is 13.5. The number of fused-ring (bicyclic) bond motifs is 1. The molecule has 7 nitrogen and oxygen atoms in total. The third kappa shape index (κ3) is 2.85. The minimum absolute atomic E-state index is 0.139. The number of aromatic nitrogens is 3. The van der Waals surface area contributed by atoms with E-state index < -0.39 is 5.56 Å². The molecule has 3 rings (SSSR count). The number of hydrogen-bond donors (Lipinski definition) is 2. The molecule has 0 amide bonds. The van der Waals surface area contributed by atoms with Gasteiger partial charge in [-0.2, -0.15) is 0 Å². The average Bonchev–Trinajstić information content (AvgIpc) is 3.00. The first-order chi connectivity index (χ1) is 11.1. The van der Waals surface area contributed by atoms with Gasteiger partial charge in [0.2, 0.25) is 0 Å². The third-order valence-corrected chi connectivity index (χ3v) is 4.23. The summed E-state index contributed by atoms with van der Waals surface area (Å²) in [7, 11) is 0. The number of rotatable bonds is 5. The van der Waals surface area contributed by atoms with E-state index in [1.165, 1.54) is 11.3 Å². The fourth-order valence-corrected chi connectivity index (χ4v) is 3.12. The molecule has 0 spiro atoms. The predicted molar refractivity (Wildman–Crippen MR) is 88.6 cm³/mol. The maximum absolute atomic E-state index is 11.8. The standard InChI is InChI=1S/C15H15N3O4S/c1-3-21-9-6-5-8(7-10(9)22-4-2)15-16-11-12(23-15)14(20)18-17-13(11)19/h5-7H,3-4H2,1-2H3,(H,17,19)(H,18,20). The number of benzene rings is 1. The van der Waals surface area contributed by atoms with Gasteiger partial charge in [0.25, 0.3) is 11.1 Å². The highest BCUT2D eigenvalue weighted by atomic mass is 32.1. The van der Waals surface area contributed by atoms with Crippen molar-refractivity contribution < 1.29 is 9.47 Å². The topological polar surface area (TPSA) is 97.1 Å². The van der Waals surface area contributed by atoms with Crippen LogP contribution in [0, 0.1) is 0 Å². The second-order valence-electron chi connectivity index (χ2n) is 4.63. The number of thiazole rings is 1. The molecule has 3 aromatic rings. The second-order valence-corrected chi connectivity index (χ2v) is 5.63. The minimum atomic E-state index is -0.418. The van der Waals surface area contributed by atoms with Crippen LogP contribution in [0.5, 0.6) is 11.5 Å². The van der Waals surface area contributed by atoms with Crippen molar-refractivity contribution in [2.75, 3.05) is 13.2 Å². The number of ether oxygens (including phenoxy) is 2. The molecule has 0 aliphatic heterocycles. The van der Waals surface area contributed by atoms with Crippen LogP contribution in [0.25, 0.3) is 20.8 Å². The van der Waals surface area contributed by atoms with Crippen LogP contribution in [-0.4, -0.2) is 28.4 Å². The molecule has 0 radical (unpaired) electrons. The molecular formula is C15H15N3O4S. The number of nitrogens with one attached hydrogen (secondary N) is 2. The van der Waals surface area contributed by atoms with Gasteiger partial charge in [-0.3, -0.25) is 19.8 Å². The van der Waals surface area contributed by atoms with Gasteiger partial charge in [0.05, 0.1) is 13.2 Å². The van der Waals surface area contributed by atoms with Crippen molar-refractivity contribution in [3.63, 3.8) is 0 Å². The van der Waals surface area contributed by atoms with Gasteiger partial charge in [-0.1, -0.05) is 0 Å². The van der Waals surface area contributed by atoms with E-state index in [4.69, 9.17) is 9.47 Å². The number of nitrogens with zero attached hydrogens (tertiary/aromatic N) is 1. The smallest absolute Gasteiger partial charge is 0.290 e. The van der Waals surface area contributed by atoms with Gasteiger partial charge in [0.1, 0.15) is 9.71 Å². The van der Waals surface area contributed by atoms with Gasteiger partial charge >= 0.3 is 0 Å². The molecule has 2 N–H and O–H groups in total. The summed E-state index contributed by atoms with van der Waals surface area (Å²) >= 11 is 1.17. The normalized spacial score (nSPS) is 10.9. The SMILES string of the molecule is CCOc1ccc(-c2nc3c(=O)[nH][nH]c(=O)c3s2)cc1OCC. The van der Waals surface area contributed by atoms with Crippen LogP contribution >= 0.6 is 11.3 Å². The second kappa shape index (κ2) is 6.25. The Balaban J connectivity index is 2.13. The highest BCUT2D eigenvalue weighted by Crippen LogP contribution is 2.34. The molecule has 1 aromatic carbocycles. The maximum atomic E-state index is 11.8. The number of hydrogen-bond acceptors (Lipinski definition) is 6. The molecule has 23 heavy (non-hydrogen) atoms. The fourth-order valence-electron chi connectivity index (χ4n) is 2.17. The van der Waals surface area contributed by atoms with Gasteiger partial charge in [-0.05, 0) is 32.0 Å². The molecule has 0 bridgehead atoms. The summed E-state index contributed by atoms with van der Waals surface area (Å²) < 4.78 is 11.4. The molecule has 2 heterocycles. The molecule has 0 aliphatic carbocycles. The lowest BCUT2D eigenvalue weighted by molar-refractivity contribution is 0.288. The largest absolute Gasteiger partial charge is 0.490 e. The molecular weight excluding hydrogens is 318 g/mol. The van der Waals surface area contributed by atoms with Crippen molar-refractivity contribution in [1.29, 1.82) is 0 Å². The van der Waals surface area contributed by atoms with Crippen molar-refractivity contribution in [3.05, 3.63) is 38.9 Å². The monoisotopic (exact) mass is 333 g/mol. The van der Waals surface area contributed by atoms with Crippen LogP contribution in [-0.2, 0) is 0 Å². The summed E-state index contributed by atoms with van der Waals surface area (Å²) in [5.74, 6) is 1.25.